The Morgan fingerprint density at radius 1 is 1.12 bits per heavy atom. The Hall–Kier alpha value is -2.25. The van der Waals surface area contributed by atoms with Crippen LogP contribution in [0.2, 0.25) is 0 Å². The second-order valence-electron chi connectivity index (χ2n) is 7.11. The summed E-state index contributed by atoms with van der Waals surface area (Å²) in [6.07, 6.45) is -5.01. The van der Waals surface area contributed by atoms with Crippen molar-refractivity contribution < 1.29 is 48.1 Å². The van der Waals surface area contributed by atoms with Crippen molar-refractivity contribution in [3.05, 3.63) is 58.6 Å². The SMILES string of the molecule is O=C(Nc1ccn([C@@H]2O[C@H](COP(=O)(O)CP(=O)(O)O)C(O)C2O)c(=O)n1)c1ccccc1. The molecule has 2 heterocycles. The predicted molar refractivity (Wildman–Crippen MR) is 112 cm³/mol. The van der Waals surface area contributed by atoms with Crippen molar-refractivity contribution >= 4 is 26.9 Å². The Kier molecular flexibility index (Phi) is 7.64. The largest absolute Gasteiger partial charge is 0.387 e. The summed E-state index contributed by atoms with van der Waals surface area (Å²) < 4.78 is 33.4. The van der Waals surface area contributed by atoms with Gasteiger partial charge in [-0.3, -0.25) is 18.5 Å². The molecular formula is C17H21N3O11P2. The number of aromatic nitrogens is 2. The topological polar surface area (TPSA) is 218 Å². The van der Waals surface area contributed by atoms with E-state index in [1.54, 1.807) is 30.3 Å². The number of carbonyl (C=O) groups excluding carboxylic acids is 1. The number of amides is 1. The van der Waals surface area contributed by atoms with Crippen LogP contribution in [-0.4, -0.2) is 71.2 Å². The molecular weight excluding hydrogens is 484 g/mol. The summed E-state index contributed by atoms with van der Waals surface area (Å²) in [6, 6.07) is 9.43. The van der Waals surface area contributed by atoms with Crippen molar-refractivity contribution in [1.82, 2.24) is 9.55 Å². The first-order chi connectivity index (χ1) is 15.4. The zero-order valence-corrected chi connectivity index (χ0v) is 18.5. The van der Waals surface area contributed by atoms with Crippen LogP contribution in [0.5, 0.6) is 0 Å². The fourth-order valence-electron chi connectivity index (χ4n) is 3.01. The number of ether oxygens (including phenoxy) is 1. The molecule has 3 unspecified atom stereocenters. The maximum absolute atomic E-state index is 12.4. The summed E-state index contributed by atoms with van der Waals surface area (Å²) in [5.41, 5.74) is -0.600. The van der Waals surface area contributed by atoms with E-state index >= 15 is 0 Å². The van der Waals surface area contributed by atoms with E-state index in [4.69, 9.17) is 14.5 Å². The summed E-state index contributed by atoms with van der Waals surface area (Å²) >= 11 is 0. The number of carbonyl (C=O) groups is 1. The molecule has 1 aromatic heterocycles. The molecule has 1 aliphatic rings. The van der Waals surface area contributed by atoms with Crippen LogP contribution >= 0.6 is 15.2 Å². The molecule has 0 aliphatic carbocycles. The van der Waals surface area contributed by atoms with Crippen LogP contribution in [0.3, 0.4) is 0 Å². The number of rotatable bonds is 8. The monoisotopic (exact) mass is 505 g/mol. The minimum atomic E-state index is -4.85. The maximum atomic E-state index is 12.4. The number of anilines is 1. The molecule has 0 spiro atoms. The first-order valence-corrected chi connectivity index (χ1v) is 12.9. The lowest BCUT2D eigenvalue weighted by Crippen LogP contribution is -2.36. The minimum absolute atomic E-state index is 0.0725. The quantitative estimate of drug-likeness (QED) is 0.249. The highest BCUT2D eigenvalue weighted by molar-refractivity contribution is 7.70. The summed E-state index contributed by atoms with van der Waals surface area (Å²) in [7, 11) is -9.57. The van der Waals surface area contributed by atoms with Gasteiger partial charge in [-0.05, 0) is 18.2 Å². The average Bonchev–Trinajstić information content (AvgIpc) is 3.00. The van der Waals surface area contributed by atoms with Gasteiger partial charge in [-0.2, -0.15) is 4.98 Å². The molecule has 1 saturated heterocycles. The number of nitrogens with zero attached hydrogens (tertiary/aromatic N) is 2. The van der Waals surface area contributed by atoms with Gasteiger partial charge < -0.3 is 39.5 Å². The third-order valence-corrected chi connectivity index (χ3v) is 7.98. The van der Waals surface area contributed by atoms with Crippen LogP contribution in [0.15, 0.2) is 47.4 Å². The lowest BCUT2D eigenvalue weighted by atomic mass is 10.1. The van der Waals surface area contributed by atoms with Gasteiger partial charge in [-0.15, -0.1) is 0 Å². The predicted octanol–water partition coefficient (Wildman–Crippen LogP) is -0.548. The van der Waals surface area contributed by atoms with Crippen molar-refractivity contribution in [3.8, 4) is 0 Å². The van der Waals surface area contributed by atoms with E-state index in [1.165, 1.54) is 6.07 Å². The molecule has 180 valence electrons. The van der Waals surface area contributed by atoms with Gasteiger partial charge >= 0.3 is 20.9 Å². The highest BCUT2D eigenvalue weighted by Gasteiger charge is 2.45. The van der Waals surface area contributed by atoms with E-state index in [0.717, 1.165) is 10.8 Å². The summed E-state index contributed by atoms with van der Waals surface area (Å²) in [5, 5.41) is 22.8. The van der Waals surface area contributed by atoms with E-state index < -0.39 is 63.8 Å². The van der Waals surface area contributed by atoms with Crippen molar-refractivity contribution in [2.45, 2.75) is 24.5 Å². The van der Waals surface area contributed by atoms with Crippen molar-refractivity contribution in [1.29, 1.82) is 0 Å². The van der Waals surface area contributed by atoms with Crippen LogP contribution in [0.25, 0.3) is 0 Å². The van der Waals surface area contributed by atoms with Gasteiger partial charge in [0.15, 0.2) is 12.1 Å². The number of benzene rings is 1. The molecule has 2 aromatic rings. The van der Waals surface area contributed by atoms with E-state index in [2.05, 4.69) is 14.8 Å². The average molecular weight is 505 g/mol. The molecule has 33 heavy (non-hydrogen) atoms. The smallest absolute Gasteiger partial charge is 0.351 e. The Bertz CT molecular complexity index is 1150. The lowest BCUT2D eigenvalue weighted by molar-refractivity contribution is -0.0523. The molecule has 1 amide bonds. The number of aliphatic hydroxyl groups is 2. The van der Waals surface area contributed by atoms with Gasteiger partial charge in [-0.1, -0.05) is 18.2 Å². The fraction of sp³-hybridized carbons (Fsp3) is 0.353. The molecule has 1 fully saturated rings. The summed E-state index contributed by atoms with van der Waals surface area (Å²) in [5.74, 6) is -2.01. The van der Waals surface area contributed by atoms with Crippen molar-refractivity contribution in [3.63, 3.8) is 0 Å². The zero-order valence-electron chi connectivity index (χ0n) is 16.7. The second-order valence-corrected chi connectivity index (χ2v) is 11.1. The normalized spacial score (nSPS) is 24.9. The molecule has 3 rings (SSSR count). The Balaban J connectivity index is 1.68. The van der Waals surface area contributed by atoms with E-state index in [9.17, 15) is 33.8 Å². The Labute approximate surface area is 186 Å². The van der Waals surface area contributed by atoms with Gasteiger partial charge in [0.1, 0.15) is 24.1 Å². The first-order valence-electron chi connectivity index (χ1n) is 9.34. The number of nitrogens with one attached hydrogen (secondary N) is 1. The summed E-state index contributed by atoms with van der Waals surface area (Å²) in [4.78, 5) is 55.4. The molecule has 0 radical (unpaired) electrons. The van der Waals surface area contributed by atoms with Gasteiger partial charge in [-0.25, -0.2) is 4.79 Å². The molecule has 1 aliphatic heterocycles. The molecule has 6 N–H and O–H groups in total. The molecule has 16 heteroatoms. The third-order valence-electron chi connectivity index (χ3n) is 4.52. The van der Waals surface area contributed by atoms with E-state index in [-0.39, 0.29) is 5.82 Å². The van der Waals surface area contributed by atoms with E-state index in [0.29, 0.717) is 5.56 Å². The lowest BCUT2D eigenvalue weighted by Gasteiger charge is -2.18. The zero-order chi connectivity index (χ0) is 24.4. The van der Waals surface area contributed by atoms with Crippen molar-refractivity contribution in [2.75, 3.05) is 17.8 Å². The Morgan fingerprint density at radius 3 is 2.39 bits per heavy atom. The number of hydrogen-bond donors (Lipinski definition) is 6. The highest BCUT2D eigenvalue weighted by Crippen LogP contribution is 2.55. The molecule has 0 saturated carbocycles. The van der Waals surface area contributed by atoms with Crippen LogP contribution in [-0.2, 0) is 18.4 Å². The fourth-order valence-corrected chi connectivity index (χ4v) is 5.58. The highest BCUT2D eigenvalue weighted by atomic mass is 31.2. The van der Waals surface area contributed by atoms with Crippen LogP contribution in [0, 0.1) is 0 Å². The first kappa shape index (κ1) is 25.4. The van der Waals surface area contributed by atoms with Crippen LogP contribution in [0.4, 0.5) is 5.82 Å². The van der Waals surface area contributed by atoms with E-state index in [1.807, 2.05) is 0 Å². The number of aliphatic hydroxyl groups excluding tert-OH is 2. The second kappa shape index (κ2) is 9.94. The minimum Gasteiger partial charge on any atom is -0.387 e. The number of hydrogen-bond acceptors (Lipinski definition) is 9. The van der Waals surface area contributed by atoms with Gasteiger partial charge in [0.25, 0.3) is 5.91 Å². The van der Waals surface area contributed by atoms with Crippen LogP contribution < -0.4 is 11.0 Å². The molecule has 0 bridgehead atoms. The maximum Gasteiger partial charge on any atom is 0.351 e. The summed E-state index contributed by atoms with van der Waals surface area (Å²) in [6.45, 7) is -0.796. The van der Waals surface area contributed by atoms with Crippen LogP contribution in [0.1, 0.15) is 16.6 Å². The molecule has 14 nitrogen and oxygen atoms in total. The van der Waals surface area contributed by atoms with Gasteiger partial charge in [0, 0.05) is 11.8 Å². The van der Waals surface area contributed by atoms with Gasteiger partial charge in [0.05, 0.1) is 6.61 Å². The van der Waals surface area contributed by atoms with Crippen molar-refractivity contribution in [2.24, 2.45) is 0 Å². The standard InChI is InChI=1S/C17H21N3O11P2/c21-13-11(8-30-33(28,29)9-32(25,26)27)31-16(14(13)22)20-7-6-12(19-17(20)24)18-15(23)10-4-2-1-3-5-10/h1-7,11,13-14,16,21-22H,8-9H2,(H,28,29)(H2,25,26,27)(H,18,19,23,24)/t11-,13?,14?,16-/m1/s1. The molecule has 5 atom stereocenters. The molecule has 1 aromatic carbocycles. The third kappa shape index (κ3) is 6.64. The Morgan fingerprint density at radius 2 is 1.79 bits per heavy atom. The van der Waals surface area contributed by atoms with Gasteiger partial charge in [0.2, 0.25) is 0 Å².